The van der Waals surface area contributed by atoms with Crippen LogP contribution >= 0.6 is 0 Å². The molecule has 3 aromatic carbocycles. The molecule has 4 unspecified atom stereocenters. The molecule has 3 aromatic rings. The van der Waals surface area contributed by atoms with E-state index in [2.05, 4.69) is 0 Å². The Morgan fingerprint density at radius 1 is 0.481 bits per heavy atom. The number of aromatic hydroxyl groups is 2. The van der Waals surface area contributed by atoms with Crippen LogP contribution in [0.5, 0.6) is 34.5 Å². The van der Waals surface area contributed by atoms with Crippen LogP contribution in [-0.4, -0.2) is 80.7 Å². The van der Waals surface area contributed by atoms with Crippen LogP contribution in [0.15, 0.2) is 48.5 Å². The Kier molecular flexibility index (Phi) is 15.1. The SMILES string of the molecule is CC(=O)OC(C)CC(=O)Oc1c(OC(=O)CC(C)O)c(-c2ccc(O)cc2)c(OC(=O)CC(C)OC(C)=O)c(OC(=O)CC(C)O)c1-c1ccc(O)cc1. The lowest BCUT2D eigenvalue weighted by atomic mass is 9.94. The third-order valence-electron chi connectivity index (χ3n) is 7.06. The van der Waals surface area contributed by atoms with Gasteiger partial charge in [-0.05, 0) is 63.1 Å². The summed E-state index contributed by atoms with van der Waals surface area (Å²) >= 11 is 0. The van der Waals surface area contributed by atoms with Crippen molar-refractivity contribution < 1.29 is 77.6 Å². The molecule has 0 bridgehead atoms. The van der Waals surface area contributed by atoms with Crippen molar-refractivity contribution in [2.75, 3.05) is 0 Å². The second kappa shape index (κ2) is 19.2. The van der Waals surface area contributed by atoms with Gasteiger partial charge in [0.15, 0.2) is 23.0 Å². The number of esters is 6. The van der Waals surface area contributed by atoms with Crippen molar-refractivity contribution in [2.45, 2.75) is 91.6 Å². The van der Waals surface area contributed by atoms with Crippen molar-refractivity contribution in [3.8, 4) is 56.8 Å². The highest BCUT2D eigenvalue weighted by Crippen LogP contribution is 2.58. The summed E-state index contributed by atoms with van der Waals surface area (Å²) in [4.78, 5) is 77.0. The Balaban J connectivity index is 2.58. The van der Waals surface area contributed by atoms with Crippen LogP contribution in [0.3, 0.4) is 0 Å². The molecule has 54 heavy (non-hydrogen) atoms. The van der Waals surface area contributed by atoms with Gasteiger partial charge < -0.3 is 48.8 Å². The fourth-order valence-corrected chi connectivity index (χ4v) is 5.05. The standard InChI is InChI=1S/C38H42O16/c1-19(39)15-29(45)51-35-33(25-7-11-27(43)12-8-25)38(54-32(48)18-22(4)50-24(6)42)36(52-30(46)16-20(2)40)34(26-9-13-28(44)14-10-26)37(35)53-31(47)17-21(3)49-23(5)41/h7-14,19-22,39-40,43-44H,15-18H2,1-6H3. The smallest absolute Gasteiger partial charge is 0.315 e. The fraction of sp³-hybridized carbons (Fsp3) is 0.368. The van der Waals surface area contributed by atoms with Crippen LogP contribution in [0.2, 0.25) is 0 Å². The van der Waals surface area contributed by atoms with Gasteiger partial charge in [0, 0.05) is 13.8 Å². The van der Waals surface area contributed by atoms with E-state index in [0.29, 0.717) is 0 Å². The molecule has 16 heteroatoms. The highest BCUT2D eigenvalue weighted by atomic mass is 16.6. The second-order valence-corrected chi connectivity index (χ2v) is 12.4. The zero-order valence-corrected chi connectivity index (χ0v) is 30.4. The van der Waals surface area contributed by atoms with Gasteiger partial charge in [-0.3, -0.25) is 28.8 Å². The number of phenols is 2. The zero-order chi connectivity index (χ0) is 40.3. The number of aliphatic hydroxyl groups excluding tert-OH is 2. The van der Waals surface area contributed by atoms with Crippen molar-refractivity contribution >= 4 is 35.8 Å². The molecule has 0 aliphatic carbocycles. The van der Waals surface area contributed by atoms with E-state index in [-0.39, 0.29) is 33.8 Å². The molecule has 16 nitrogen and oxygen atoms in total. The number of carbonyl (C=O) groups excluding carboxylic acids is 6. The average Bonchev–Trinajstić information content (AvgIpc) is 3.02. The first-order valence-electron chi connectivity index (χ1n) is 16.7. The van der Waals surface area contributed by atoms with E-state index in [4.69, 9.17) is 28.4 Å². The van der Waals surface area contributed by atoms with E-state index in [1.165, 1.54) is 76.2 Å². The Morgan fingerprint density at radius 2 is 0.741 bits per heavy atom. The number of hydrogen-bond donors (Lipinski definition) is 4. The largest absolute Gasteiger partial charge is 0.508 e. The van der Waals surface area contributed by atoms with Crippen LogP contribution in [0.25, 0.3) is 22.3 Å². The third kappa shape index (κ3) is 12.6. The van der Waals surface area contributed by atoms with Crippen LogP contribution in [0.1, 0.15) is 67.2 Å². The molecule has 0 aliphatic heterocycles. The minimum atomic E-state index is -1.22. The third-order valence-corrected chi connectivity index (χ3v) is 7.06. The van der Waals surface area contributed by atoms with E-state index in [0.717, 1.165) is 13.8 Å². The van der Waals surface area contributed by atoms with Crippen molar-refractivity contribution in [3.63, 3.8) is 0 Å². The van der Waals surface area contributed by atoms with E-state index >= 15 is 0 Å². The lowest BCUT2D eigenvalue weighted by molar-refractivity contribution is -0.151. The minimum Gasteiger partial charge on any atom is -0.508 e. The van der Waals surface area contributed by atoms with Crippen molar-refractivity contribution in [1.29, 1.82) is 0 Å². The second-order valence-electron chi connectivity index (χ2n) is 12.4. The average molecular weight is 755 g/mol. The molecule has 0 heterocycles. The quantitative estimate of drug-likeness (QED) is 0.118. The van der Waals surface area contributed by atoms with Crippen molar-refractivity contribution in [3.05, 3.63) is 48.5 Å². The topological polar surface area (TPSA) is 239 Å². The van der Waals surface area contributed by atoms with Gasteiger partial charge in [-0.1, -0.05) is 24.3 Å². The predicted molar refractivity (Wildman–Crippen MR) is 187 cm³/mol. The number of rotatable bonds is 16. The van der Waals surface area contributed by atoms with Gasteiger partial charge in [0.1, 0.15) is 23.7 Å². The number of hydrogen-bond acceptors (Lipinski definition) is 16. The van der Waals surface area contributed by atoms with Gasteiger partial charge in [-0.25, -0.2) is 0 Å². The lowest BCUT2D eigenvalue weighted by Crippen LogP contribution is -2.23. The predicted octanol–water partition coefficient (Wildman–Crippen LogP) is 4.28. The van der Waals surface area contributed by atoms with Gasteiger partial charge in [0.05, 0.1) is 49.0 Å². The fourth-order valence-electron chi connectivity index (χ4n) is 5.05. The monoisotopic (exact) mass is 754 g/mol. The normalized spacial score (nSPS) is 13.0. The van der Waals surface area contributed by atoms with Crippen molar-refractivity contribution in [1.82, 2.24) is 0 Å². The molecule has 0 fully saturated rings. The van der Waals surface area contributed by atoms with E-state index < -0.39 is 109 Å². The van der Waals surface area contributed by atoms with Crippen LogP contribution in [0.4, 0.5) is 0 Å². The Morgan fingerprint density at radius 3 is 0.981 bits per heavy atom. The highest BCUT2D eigenvalue weighted by molar-refractivity contribution is 5.99. The van der Waals surface area contributed by atoms with E-state index in [1.807, 2.05) is 0 Å². The highest BCUT2D eigenvalue weighted by Gasteiger charge is 2.36. The molecule has 0 saturated heterocycles. The summed E-state index contributed by atoms with van der Waals surface area (Å²) in [6, 6.07) is 10.2. The summed E-state index contributed by atoms with van der Waals surface area (Å²) in [6.07, 6.45) is -6.69. The van der Waals surface area contributed by atoms with Crippen LogP contribution in [-0.2, 0) is 38.2 Å². The molecular formula is C38H42O16. The van der Waals surface area contributed by atoms with Crippen LogP contribution in [0, 0.1) is 0 Å². The Hall–Kier alpha value is -6.00. The molecule has 4 N–H and O–H groups in total. The van der Waals surface area contributed by atoms with Gasteiger partial charge in [-0.15, -0.1) is 0 Å². The van der Waals surface area contributed by atoms with Gasteiger partial charge in [-0.2, -0.15) is 0 Å². The first-order chi connectivity index (χ1) is 25.3. The lowest BCUT2D eigenvalue weighted by Gasteiger charge is -2.25. The molecular weight excluding hydrogens is 712 g/mol. The maximum Gasteiger partial charge on any atom is 0.315 e. The summed E-state index contributed by atoms with van der Waals surface area (Å²) in [5.41, 5.74) is -0.584. The first-order valence-corrected chi connectivity index (χ1v) is 16.7. The number of benzene rings is 3. The Labute approximate surface area is 310 Å². The maximum absolute atomic E-state index is 13.6. The zero-order valence-electron chi connectivity index (χ0n) is 30.4. The molecule has 0 radical (unpaired) electrons. The molecule has 4 atom stereocenters. The summed E-state index contributed by atoms with van der Waals surface area (Å²) in [5, 5.41) is 40.3. The molecule has 0 amide bonds. The molecule has 0 aromatic heterocycles. The van der Waals surface area contributed by atoms with Crippen molar-refractivity contribution in [2.24, 2.45) is 0 Å². The number of ether oxygens (including phenoxy) is 6. The number of carbonyl (C=O) groups is 6. The summed E-state index contributed by atoms with van der Waals surface area (Å²) in [7, 11) is 0. The van der Waals surface area contributed by atoms with Gasteiger partial charge in [0.2, 0.25) is 0 Å². The van der Waals surface area contributed by atoms with E-state index in [1.54, 1.807) is 0 Å². The summed E-state index contributed by atoms with van der Waals surface area (Å²) < 4.78 is 33.5. The molecule has 0 aliphatic rings. The van der Waals surface area contributed by atoms with Gasteiger partial charge >= 0.3 is 35.8 Å². The van der Waals surface area contributed by atoms with Gasteiger partial charge in [0.25, 0.3) is 0 Å². The summed E-state index contributed by atoms with van der Waals surface area (Å²) in [6.45, 7) is 7.72. The molecule has 3 rings (SSSR count). The molecule has 290 valence electrons. The summed E-state index contributed by atoms with van der Waals surface area (Å²) in [5.74, 6) is -8.38. The number of phenolic OH excluding ortho intramolecular Hbond substituents is 2. The molecule has 0 spiro atoms. The number of aliphatic hydroxyl groups is 2. The first kappa shape index (κ1) is 42.4. The van der Waals surface area contributed by atoms with E-state index in [9.17, 15) is 49.2 Å². The Bertz CT molecular complexity index is 1710. The maximum atomic E-state index is 13.6. The van der Waals surface area contributed by atoms with Crippen LogP contribution < -0.4 is 18.9 Å². The minimum absolute atomic E-state index is 0.0409. The molecule has 0 saturated carbocycles.